The second-order valence-corrected chi connectivity index (χ2v) is 6.78. The Labute approximate surface area is 105 Å². The largest absolute Gasteiger partial charge is 0.149 e. The summed E-state index contributed by atoms with van der Waals surface area (Å²) in [6.45, 7) is 0. The van der Waals surface area contributed by atoms with Gasteiger partial charge in [0, 0.05) is 11.3 Å². The average molecular weight is 308 g/mol. The van der Waals surface area contributed by atoms with Crippen LogP contribution in [0.3, 0.4) is 0 Å². The summed E-state index contributed by atoms with van der Waals surface area (Å²) in [4.78, 5) is 1.34. The fourth-order valence-electron chi connectivity index (χ4n) is 1.21. The molecule has 0 aromatic carbocycles. The molecule has 4 heteroatoms. The van der Waals surface area contributed by atoms with E-state index in [1.54, 1.807) is 22.7 Å². The standard InChI is InChI=1S/C10H8BrClS2/c11-10-4-7(6-14-10)9(12)5-8-2-1-3-13-8/h1-4,6,9H,5H2. The molecule has 14 heavy (non-hydrogen) atoms. The third kappa shape index (κ3) is 2.60. The Kier molecular flexibility index (Phi) is 3.66. The minimum atomic E-state index is 0.0937. The third-order valence-corrected chi connectivity index (χ3v) is 4.74. The van der Waals surface area contributed by atoms with E-state index in [0.717, 1.165) is 10.2 Å². The molecule has 74 valence electrons. The number of hydrogen-bond acceptors (Lipinski definition) is 2. The van der Waals surface area contributed by atoms with Crippen LogP contribution < -0.4 is 0 Å². The zero-order valence-electron chi connectivity index (χ0n) is 7.24. The van der Waals surface area contributed by atoms with E-state index in [2.05, 4.69) is 44.9 Å². The molecule has 0 fully saturated rings. The van der Waals surface area contributed by atoms with Crippen molar-refractivity contribution in [2.24, 2.45) is 0 Å². The summed E-state index contributed by atoms with van der Waals surface area (Å²) in [5, 5.41) is 4.29. The summed E-state index contributed by atoms with van der Waals surface area (Å²) in [7, 11) is 0. The van der Waals surface area contributed by atoms with Crippen LogP contribution in [0, 0.1) is 0 Å². The Morgan fingerprint density at radius 2 is 2.29 bits per heavy atom. The van der Waals surface area contributed by atoms with Gasteiger partial charge in [-0.25, -0.2) is 0 Å². The molecule has 0 aliphatic heterocycles. The number of thiophene rings is 2. The van der Waals surface area contributed by atoms with Crippen molar-refractivity contribution in [1.29, 1.82) is 0 Å². The fraction of sp³-hybridized carbons (Fsp3) is 0.200. The van der Waals surface area contributed by atoms with Gasteiger partial charge in [0.05, 0.1) is 9.16 Å². The maximum absolute atomic E-state index is 6.30. The summed E-state index contributed by atoms with van der Waals surface area (Å²) in [6, 6.07) is 6.28. The maximum Gasteiger partial charge on any atom is 0.0701 e. The molecular formula is C10H8BrClS2. The van der Waals surface area contributed by atoms with Gasteiger partial charge in [0.2, 0.25) is 0 Å². The van der Waals surface area contributed by atoms with Crippen molar-refractivity contribution in [3.63, 3.8) is 0 Å². The van der Waals surface area contributed by atoms with Crippen LogP contribution in [0.25, 0.3) is 0 Å². The SMILES string of the molecule is ClC(Cc1cccs1)c1csc(Br)c1. The van der Waals surface area contributed by atoms with Gasteiger partial charge in [-0.2, -0.15) is 0 Å². The third-order valence-electron chi connectivity index (χ3n) is 1.91. The van der Waals surface area contributed by atoms with E-state index >= 15 is 0 Å². The smallest absolute Gasteiger partial charge is 0.0701 e. The molecule has 0 aliphatic rings. The minimum Gasteiger partial charge on any atom is -0.149 e. The highest BCUT2D eigenvalue weighted by atomic mass is 79.9. The average Bonchev–Trinajstić information content (AvgIpc) is 2.75. The minimum absolute atomic E-state index is 0.0937. The lowest BCUT2D eigenvalue weighted by molar-refractivity contribution is 0.943. The van der Waals surface area contributed by atoms with Crippen LogP contribution in [0.2, 0.25) is 0 Å². The molecule has 0 N–H and O–H groups in total. The van der Waals surface area contributed by atoms with Crippen molar-refractivity contribution in [3.8, 4) is 0 Å². The van der Waals surface area contributed by atoms with E-state index in [0.29, 0.717) is 0 Å². The molecule has 0 nitrogen and oxygen atoms in total. The molecule has 0 saturated carbocycles. The molecule has 0 spiro atoms. The maximum atomic E-state index is 6.30. The van der Waals surface area contributed by atoms with Crippen LogP contribution in [0.5, 0.6) is 0 Å². The van der Waals surface area contributed by atoms with E-state index in [1.165, 1.54) is 10.4 Å². The lowest BCUT2D eigenvalue weighted by Gasteiger charge is -2.04. The summed E-state index contributed by atoms with van der Waals surface area (Å²) in [5.41, 5.74) is 1.21. The summed E-state index contributed by atoms with van der Waals surface area (Å²) in [6.07, 6.45) is 0.919. The van der Waals surface area contributed by atoms with E-state index in [9.17, 15) is 0 Å². The van der Waals surface area contributed by atoms with Crippen molar-refractivity contribution in [2.45, 2.75) is 11.8 Å². The van der Waals surface area contributed by atoms with Gasteiger partial charge in [-0.1, -0.05) is 6.07 Å². The zero-order valence-corrected chi connectivity index (χ0v) is 11.2. The first-order valence-corrected chi connectivity index (χ1v) is 7.15. The number of alkyl halides is 1. The highest BCUT2D eigenvalue weighted by Crippen LogP contribution is 2.32. The molecule has 0 aliphatic carbocycles. The number of hydrogen-bond donors (Lipinski definition) is 0. The molecule has 2 rings (SSSR count). The van der Waals surface area contributed by atoms with Gasteiger partial charge in [0.15, 0.2) is 0 Å². The monoisotopic (exact) mass is 306 g/mol. The Morgan fingerprint density at radius 1 is 1.43 bits per heavy atom. The zero-order chi connectivity index (χ0) is 9.97. The van der Waals surface area contributed by atoms with Gasteiger partial charge < -0.3 is 0 Å². The van der Waals surface area contributed by atoms with E-state index in [4.69, 9.17) is 11.6 Å². The first-order chi connectivity index (χ1) is 6.75. The molecule has 0 radical (unpaired) electrons. The fourth-order valence-corrected chi connectivity index (χ4v) is 3.65. The van der Waals surface area contributed by atoms with Crippen LogP contribution in [0.15, 0.2) is 32.7 Å². The Hall–Kier alpha value is 0.170. The van der Waals surface area contributed by atoms with Gasteiger partial charge in [-0.3, -0.25) is 0 Å². The van der Waals surface area contributed by atoms with Gasteiger partial charge in [0.25, 0.3) is 0 Å². The first-order valence-electron chi connectivity index (χ1n) is 4.16. The van der Waals surface area contributed by atoms with Crippen LogP contribution in [-0.2, 0) is 6.42 Å². The highest BCUT2D eigenvalue weighted by molar-refractivity contribution is 9.11. The Balaban J connectivity index is 2.06. The summed E-state index contributed by atoms with van der Waals surface area (Å²) < 4.78 is 1.14. The molecule has 0 bridgehead atoms. The van der Waals surface area contributed by atoms with Crippen LogP contribution in [0.4, 0.5) is 0 Å². The van der Waals surface area contributed by atoms with Crippen LogP contribution in [-0.4, -0.2) is 0 Å². The molecule has 2 aromatic rings. The molecule has 1 atom stereocenters. The van der Waals surface area contributed by atoms with Crippen molar-refractivity contribution in [3.05, 3.63) is 43.2 Å². The molecule has 2 aromatic heterocycles. The summed E-state index contributed by atoms with van der Waals surface area (Å²) >= 11 is 13.2. The van der Waals surface area contributed by atoms with E-state index in [1.807, 2.05) is 0 Å². The topological polar surface area (TPSA) is 0 Å². The second-order valence-electron chi connectivity index (χ2n) is 2.94. The lowest BCUT2D eigenvalue weighted by atomic mass is 10.1. The number of halogens is 2. The molecular weight excluding hydrogens is 300 g/mol. The van der Waals surface area contributed by atoms with Gasteiger partial charge in [-0.15, -0.1) is 34.3 Å². The molecule has 0 saturated heterocycles. The highest BCUT2D eigenvalue weighted by Gasteiger charge is 2.10. The first kappa shape index (κ1) is 10.7. The number of rotatable bonds is 3. The van der Waals surface area contributed by atoms with Crippen molar-refractivity contribution in [1.82, 2.24) is 0 Å². The quantitative estimate of drug-likeness (QED) is 0.692. The molecule has 0 amide bonds. The van der Waals surface area contributed by atoms with Gasteiger partial charge in [-0.05, 0) is 44.4 Å². The van der Waals surface area contributed by atoms with Gasteiger partial charge in [0.1, 0.15) is 0 Å². The van der Waals surface area contributed by atoms with Crippen molar-refractivity contribution >= 4 is 50.2 Å². The van der Waals surface area contributed by atoms with Crippen molar-refractivity contribution < 1.29 is 0 Å². The predicted molar refractivity (Wildman–Crippen MR) is 68.6 cm³/mol. The molecule has 2 heterocycles. The van der Waals surface area contributed by atoms with Crippen LogP contribution in [0.1, 0.15) is 15.8 Å². The van der Waals surface area contributed by atoms with E-state index in [-0.39, 0.29) is 5.38 Å². The predicted octanol–water partition coefficient (Wildman–Crippen LogP) is 5.09. The molecule has 1 unspecified atom stereocenters. The lowest BCUT2D eigenvalue weighted by Crippen LogP contribution is -1.91. The van der Waals surface area contributed by atoms with E-state index < -0.39 is 0 Å². The van der Waals surface area contributed by atoms with Gasteiger partial charge >= 0.3 is 0 Å². The summed E-state index contributed by atoms with van der Waals surface area (Å²) in [5.74, 6) is 0. The Bertz CT molecular complexity index is 394. The normalized spacial score (nSPS) is 13.0. The second kappa shape index (κ2) is 4.79. The van der Waals surface area contributed by atoms with Crippen molar-refractivity contribution in [2.75, 3.05) is 0 Å². The Morgan fingerprint density at radius 3 is 2.86 bits per heavy atom. The van der Waals surface area contributed by atoms with Crippen LogP contribution >= 0.6 is 50.2 Å².